The van der Waals surface area contributed by atoms with Gasteiger partial charge >= 0.3 is 5.97 Å². The number of rotatable bonds is 5. The lowest BCUT2D eigenvalue weighted by atomic mass is 10.1. The van der Waals surface area contributed by atoms with Crippen LogP contribution in [0.2, 0.25) is 0 Å². The van der Waals surface area contributed by atoms with E-state index < -0.39 is 5.97 Å². The van der Waals surface area contributed by atoms with E-state index in [-0.39, 0.29) is 5.56 Å². The lowest BCUT2D eigenvalue weighted by Gasteiger charge is -2.26. The standard InChI is InChI=1S/C14H21N3O2/c1-11-9-12(14(18)19)10-13(16-11)15-5-8-17-6-3-2-4-7-17/h9-10H,2-8H2,1H3,(H,15,16)(H,18,19). The molecule has 0 aromatic carbocycles. The Morgan fingerprint density at radius 2 is 2.11 bits per heavy atom. The van der Waals surface area contributed by atoms with Crippen molar-refractivity contribution in [3.63, 3.8) is 0 Å². The van der Waals surface area contributed by atoms with E-state index in [4.69, 9.17) is 5.11 Å². The number of hydrogen-bond donors (Lipinski definition) is 2. The van der Waals surface area contributed by atoms with Crippen LogP contribution in [0.25, 0.3) is 0 Å². The lowest BCUT2D eigenvalue weighted by Crippen LogP contribution is -2.33. The third-order valence-corrected chi connectivity index (χ3v) is 3.38. The van der Waals surface area contributed by atoms with Crippen LogP contribution in [0.5, 0.6) is 0 Å². The molecule has 1 aliphatic rings. The molecule has 5 nitrogen and oxygen atoms in total. The predicted molar refractivity (Wildman–Crippen MR) is 74.7 cm³/mol. The molecule has 1 fully saturated rings. The fourth-order valence-corrected chi connectivity index (χ4v) is 2.41. The maximum atomic E-state index is 11.0. The molecule has 104 valence electrons. The normalized spacial score (nSPS) is 16.3. The number of carboxylic acids is 1. The van der Waals surface area contributed by atoms with E-state index in [2.05, 4.69) is 15.2 Å². The summed E-state index contributed by atoms with van der Waals surface area (Å²) in [6.07, 6.45) is 3.91. The lowest BCUT2D eigenvalue weighted by molar-refractivity contribution is 0.0696. The van der Waals surface area contributed by atoms with E-state index in [1.54, 1.807) is 12.1 Å². The van der Waals surface area contributed by atoms with Crippen molar-refractivity contribution in [1.29, 1.82) is 0 Å². The second-order valence-electron chi connectivity index (χ2n) is 5.02. The van der Waals surface area contributed by atoms with Crippen molar-refractivity contribution in [2.24, 2.45) is 0 Å². The van der Waals surface area contributed by atoms with Gasteiger partial charge in [-0.3, -0.25) is 0 Å². The molecule has 2 N–H and O–H groups in total. The summed E-state index contributed by atoms with van der Waals surface area (Å²) in [5, 5.41) is 12.2. The molecule has 0 unspecified atom stereocenters. The number of piperidine rings is 1. The second-order valence-corrected chi connectivity index (χ2v) is 5.02. The summed E-state index contributed by atoms with van der Waals surface area (Å²) in [7, 11) is 0. The molecular weight excluding hydrogens is 242 g/mol. The van der Waals surface area contributed by atoms with E-state index in [0.29, 0.717) is 5.82 Å². The zero-order chi connectivity index (χ0) is 13.7. The third-order valence-electron chi connectivity index (χ3n) is 3.38. The minimum atomic E-state index is -0.912. The second kappa shape index (κ2) is 6.52. The van der Waals surface area contributed by atoms with Crippen molar-refractivity contribution >= 4 is 11.8 Å². The van der Waals surface area contributed by atoms with E-state index in [1.807, 2.05) is 6.92 Å². The third kappa shape index (κ3) is 4.21. The number of carboxylic acid groups (broad SMARTS) is 1. The summed E-state index contributed by atoms with van der Waals surface area (Å²) in [6.45, 7) is 5.93. The molecule has 0 bridgehead atoms. The zero-order valence-electron chi connectivity index (χ0n) is 11.4. The Bertz CT molecular complexity index is 442. The largest absolute Gasteiger partial charge is 0.478 e. The van der Waals surface area contributed by atoms with Gasteiger partial charge in [0.2, 0.25) is 0 Å². The van der Waals surface area contributed by atoms with Crippen LogP contribution in [0.4, 0.5) is 5.82 Å². The van der Waals surface area contributed by atoms with Crippen molar-refractivity contribution < 1.29 is 9.90 Å². The van der Waals surface area contributed by atoms with Crippen LogP contribution < -0.4 is 5.32 Å². The number of nitrogens with zero attached hydrogens (tertiary/aromatic N) is 2. The number of aromatic carboxylic acids is 1. The van der Waals surface area contributed by atoms with Gasteiger partial charge in [0.25, 0.3) is 0 Å². The first-order chi connectivity index (χ1) is 9.15. The van der Waals surface area contributed by atoms with E-state index in [0.717, 1.165) is 18.8 Å². The van der Waals surface area contributed by atoms with Gasteiger partial charge < -0.3 is 15.3 Å². The van der Waals surface area contributed by atoms with Crippen molar-refractivity contribution in [2.75, 3.05) is 31.5 Å². The first-order valence-electron chi connectivity index (χ1n) is 6.83. The molecule has 1 aliphatic heterocycles. The average Bonchev–Trinajstić information content (AvgIpc) is 2.39. The minimum absolute atomic E-state index is 0.285. The monoisotopic (exact) mass is 263 g/mol. The van der Waals surface area contributed by atoms with Crippen molar-refractivity contribution in [1.82, 2.24) is 9.88 Å². The minimum Gasteiger partial charge on any atom is -0.478 e. The summed E-state index contributed by atoms with van der Waals surface area (Å²) in [6, 6.07) is 3.17. The number of hydrogen-bond acceptors (Lipinski definition) is 4. The van der Waals surface area contributed by atoms with Crippen LogP contribution in [0, 0.1) is 6.92 Å². The molecule has 1 saturated heterocycles. The summed E-state index contributed by atoms with van der Waals surface area (Å²) in [5.74, 6) is -0.265. The Labute approximate surface area is 113 Å². The number of carbonyl (C=O) groups is 1. The van der Waals surface area contributed by atoms with Crippen LogP contribution in [0.1, 0.15) is 35.3 Å². The number of pyridine rings is 1. The van der Waals surface area contributed by atoms with Crippen LogP contribution in [0.3, 0.4) is 0 Å². The van der Waals surface area contributed by atoms with Crippen LogP contribution in [-0.4, -0.2) is 47.1 Å². The quantitative estimate of drug-likeness (QED) is 0.850. The van der Waals surface area contributed by atoms with E-state index in [1.165, 1.54) is 32.4 Å². The molecule has 0 saturated carbocycles. The van der Waals surface area contributed by atoms with Gasteiger partial charge in [-0.05, 0) is 45.0 Å². The molecular formula is C14H21N3O2. The van der Waals surface area contributed by atoms with Crippen LogP contribution >= 0.6 is 0 Å². The number of nitrogens with one attached hydrogen (secondary N) is 1. The Morgan fingerprint density at radius 3 is 2.79 bits per heavy atom. The topological polar surface area (TPSA) is 65.5 Å². The van der Waals surface area contributed by atoms with Gasteiger partial charge in [0.05, 0.1) is 5.56 Å². The van der Waals surface area contributed by atoms with Crippen molar-refractivity contribution in [3.8, 4) is 0 Å². The van der Waals surface area contributed by atoms with Crippen LogP contribution in [0.15, 0.2) is 12.1 Å². The molecule has 2 heterocycles. The molecule has 1 aromatic rings. The Balaban J connectivity index is 1.86. The highest BCUT2D eigenvalue weighted by atomic mass is 16.4. The number of aromatic nitrogens is 1. The summed E-state index contributed by atoms with van der Waals surface area (Å²) in [4.78, 5) is 17.7. The maximum absolute atomic E-state index is 11.0. The first kappa shape index (κ1) is 13.8. The SMILES string of the molecule is Cc1cc(C(=O)O)cc(NCCN2CCCCC2)n1. The highest BCUT2D eigenvalue weighted by Gasteiger charge is 2.10. The summed E-state index contributed by atoms with van der Waals surface area (Å²) in [5.41, 5.74) is 1.01. The number of anilines is 1. The van der Waals surface area contributed by atoms with E-state index >= 15 is 0 Å². The highest BCUT2D eigenvalue weighted by Crippen LogP contribution is 2.11. The Morgan fingerprint density at radius 1 is 1.37 bits per heavy atom. The van der Waals surface area contributed by atoms with Gasteiger partial charge in [-0.1, -0.05) is 6.42 Å². The highest BCUT2D eigenvalue weighted by molar-refractivity contribution is 5.88. The molecule has 0 spiro atoms. The predicted octanol–water partition coefficient (Wildman–Crippen LogP) is 1.99. The Kier molecular flexibility index (Phi) is 4.74. The fourth-order valence-electron chi connectivity index (χ4n) is 2.41. The van der Waals surface area contributed by atoms with Gasteiger partial charge in [-0.2, -0.15) is 0 Å². The molecule has 1 aromatic heterocycles. The van der Waals surface area contributed by atoms with Gasteiger partial charge in [0.1, 0.15) is 5.82 Å². The van der Waals surface area contributed by atoms with Gasteiger partial charge in [-0.15, -0.1) is 0 Å². The van der Waals surface area contributed by atoms with Crippen molar-refractivity contribution in [3.05, 3.63) is 23.4 Å². The molecule has 0 amide bonds. The van der Waals surface area contributed by atoms with Gasteiger partial charge in [0.15, 0.2) is 0 Å². The Hall–Kier alpha value is -1.62. The van der Waals surface area contributed by atoms with E-state index in [9.17, 15) is 4.79 Å². The fraction of sp³-hybridized carbons (Fsp3) is 0.571. The first-order valence-corrected chi connectivity index (χ1v) is 6.83. The molecule has 5 heteroatoms. The molecule has 19 heavy (non-hydrogen) atoms. The van der Waals surface area contributed by atoms with Crippen molar-refractivity contribution in [2.45, 2.75) is 26.2 Å². The molecule has 0 aliphatic carbocycles. The maximum Gasteiger partial charge on any atom is 0.335 e. The summed E-state index contributed by atoms with van der Waals surface area (Å²) >= 11 is 0. The van der Waals surface area contributed by atoms with Crippen LogP contribution in [-0.2, 0) is 0 Å². The molecule has 0 atom stereocenters. The van der Waals surface area contributed by atoms with Gasteiger partial charge in [0, 0.05) is 18.8 Å². The zero-order valence-corrected chi connectivity index (χ0v) is 11.4. The number of aryl methyl sites for hydroxylation is 1. The van der Waals surface area contributed by atoms with Gasteiger partial charge in [-0.25, -0.2) is 9.78 Å². The summed E-state index contributed by atoms with van der Waals surface area (Å²) < 4.78 is 0. The smallest absolute Gasteiger partial charge is 0.335 e. The number of likely N-dealkylation sites (tertiary alicyclic amines) is 1. The molecule has 0 radical (unpaired) electrons. The average molecular weight is 263 g/mol. The molecule has 2 rings (SSSR count).